The number of carbonyl (C=O) groups is 1. The minimum Gasteiger partial charge on any atom is -0.459 e. The summed E-state index contributed by atoms with van der Waals surface area (Å²) in [5, 5.41) is 8.67. The smallest absolute Gasteiger partial charge is 0.319 e. The number of aliphatic hydroxyl groups excluding tert-OH is 1. The molecule has 14 heavy (non-hydrogen) atoms. The minimum absolute atomic E-state index is 0.0671. The molecular weight excluding hydrogens is 200 g/mol. The van der Waals surface area contributed by atoms with E-state index in [1.54, 1.807) is 6.92 Å². The Kier molecular flexibility index (Phi) is 5.52. The van der Waals surface area contributed by atoms with E-state index in [1.807, 2.05) is 27.7 Å². The van der Waals surface area contributed by atoms with Gasteiger partial charge in [0.1, 0.15) is 5.60 Å². The van der Waals surface area contributed by atoms with Crippen LogP contribution in [0.4, 0.5) is 0 Å². The highest BCUT2D eigenvalue weighted by Crippen LogP contribution is 2.20. The zero-order valence-corrected chi connectivity index (χ0v) is 10.4. The Bertz CT molecular complexity index is 186. The molecule has 0 aromatic rings. The summed E-state index contributed by atoms with van der Waals surface area (Å²) >= 11 is 1.42. The molecule has 0 radical (unpaired) electrons. The number of hydrogen-bond acceptors (Lipinski definition) is 4. The summed E-state index contributed by atoms with van der Waals surface area (Å²) in [6.45, 7) is 9.29. The van der Waals surface area contributed by atoms with Gasteiger partial charge < -0.3 is 9.84 Å². The molecule has 2 atom stereocenters. The Morgan fingerprint density at radius 3 is 2.29 bits per heavy atom. The van der Waals surface area contributed by atoms with Gasteiger partial charge in [0.25, 0.3) is 0 Å². The van der Waals surface area contributed by atoms with Crippen LogP contribution in [0.25, 0.3) is 0 Å². The normalized spacial score (nSPS) is 16.1. The Morgan fingerprint density at radius 2 is 1.93 bits per heavy atom. The largest absolute Gasteiger partial charge is 0.459 e. The van der Waals surface area contributed by atoms with Crippen molar-refractivity contribution < 1.29 is 14.6 Å². The molecular formula is C10H20O3S. The maximum absolute atomic E-state index is 11.5. The average Bonchev–Trinajstić information content (AvgIpc) is 2.00. The lowest BCUT2D eigenvalue weighted by Gasteiger charge is -2.23. The Labute approximate surface area is 90.2 Å². The van der Waals surface area contributed by atoms with Crippen LogP contribution in [0.2, 0.25) is 0 Å². The molecule has 0 saturated heterocycles. The molecule has 1 N–H and O–H groups in total. The van der Waals surface area contributed by atoms with Gasteiger partial charge in [0, 0.05) is 5.25 Å². The van der Waals surface area contributed by atoms with Crippen LogP contribution >= 0.6 is 11.8 Å². The molecule has 0 bridgehead atoms. The summed E-state index contributed by atoms with van der Waals surface area (Å²) in [5.74, 6) is -0.220. The molecule has 0 rings (SSSR count). The number of ether oxygens (including phenoxy) is 1. The third-order valence-corrected chi connectivity index (χ3v) is 2.65. The summed E-state index contributed by atoms with van der Waals surface area (Å²) < 4.78 is 5.20. The lowest BCUT2D eigenvalue weighted by atomic mass is 10.2. The number of hydrogen-bond donors (Lipinski definition) is 1. The van der Waals surface area contributed by atoms with E-state index in [-0.39, 0.29) is 23.1 Å². The molecule has 0 heterocycles. The fourth-order valence-corrected chi connectivity index (χ4v) is 1.77. The number of carbonyl (C=O) groups excluding carboxylic acids is 1. The molecule has 0 saturated carbocycles. The van der Waals surface area contributed by atoms with Crippen LogP contribution in [0.15, 0.2) is 0 Å². The van der Waals surface area contributed by atoms with Crippen molar-refractivity contribution in [2.24, 2.45) is 0 Å². The molecule has 0 aliphatic rings. The monoisotopic (exact) mass is 220 g/mol. The zero-order chi connectivity index (χ0) is 11.4. The van der Waals surface area contributed by atoms with Crippen LogP contribution < -0.4 is 0 Å². The molecule has 0 aromatic carbocycles. The van der Waals surface area contributed by atoms with E-state index < -0.39 is 5.60 Å². The maximum atomic E-state index is 11.5. The summed E-state index contributed by atoms with van der Waals surface area (Å²) in [7, 11) is 0. The van der Waals surface area contributed by atoms with Gasteiger partial charge in [-0.1, -0.05) is 6.92 Å². The second kappa shape index (κ2) is 5.61. The molecule has 0 spiro atoms. The summed E-state index contributed by atoms with van der Waals surface area (Å²) in [4.78, 5) is 11.5. The Balaban J connectivity index is 4.00. The van der Waals surface area contributed by atoms with Crippen molar-refractivity contribution in [2.75, 3.05) is 6.61 Å². The van der Waals surface area contributed by atoms with E-state index in [2.05, 4.69) is 0 Å². The molecule has 0 aromatic heterocycles. The summed E-state index contributed by atoms with van der Waals surface area (Å²) in [6.07, 6.45) is 0. The first-order valence-electron chi connectivity index (χ1n) is 4.75. The van der Waals surface area contributed by atoms with Crippen molar-refractivity contribution >= 4 is 17.7 Å². The van der Waals surface area contributed by atoms with Gasteiger partial charge in [-0.15, -0.1) is 11.8 Å². The van der Waals surface area contributed by atoms with Gasteiger partial charge in [-0.05, 0) is 27.7 Å². The van der Waals surface area contributed by atoms with Crippen molar-refractivity contribution in [1.82, 2.24) is 0 Å². The predicted octanol–water partition coefficient (Wildman–Crippen LogP) is 1.83. The van der Waals surface area contributed by atoms with E-state index >= 15 is 0 Å². The van der Waals surface area contributed by atoms with Crippen LogP contribution in [0.1, 0.15) is 34.6 Å². The van der Waals surface area contributed by atoms with Crippen molar-refractivity contribution in [3.05, 3.63) is 0 Å². The van der Waals surface area contributed by atoms with Gasteiger partial charge in [-0.2, -0.15) is 0 Å². The van der Waals surface area contributed by atoms with Gasteiger partial charge >= 0.3 is 5.97 Å². The molecule has 0 fully saturated rings. The minimum atomic E-state index is -0.436. The van der Waals surface area contributed by atoms with Gasteiger partial charge in [0.05, 0.1) is 11.9 Å². The molecule has 3 nitrogen and oxygen atoms in total. The van der Waals surface area contributed by atoms with E-state index in [4.69, 9.17) is 9.84 Å². The zero-order valence-electron chi connectivity index (χ0n) is 9.53. The van der Waals surface area contributed by atoms with Crippen LogP contribution in [0.5, 0.6) is 0 Å². The third-order valence-electron chi connectivity index (χ3n) is 1.43. The van der Waals surface area contributed by atoms with Gasteiger partial charge in [0.2, 0.25) is 0 Å². The van der Waals surface area contributed by atoms with Crippen LogP contribution in [-0.2, 0) is 9.53 Å². The summed E-state index contributed by atoms with van der Waals surface area (Å²) in [5.41, 5.74) is -0.436. The standard InChI is InChI=1S/C10H20O3S/c1-7(6-11)14-8(2)9(12)13-10(3,4)5/h7-8,11H,6H2,1-5H3. The van der Waals surface area contributed by atoms with E-state index in [0.29, 0.717) is 0 Å². The molecule has 0 aliphatic heterocycles. The molecule has 2 unspecified atom stereocenters. The lowest BCUT2D eigenvalue weighted by Crippen LogP contribution is -2.29. The van der Waals surface area contributed by atoms with E-state index in [1.165, 1.54) is 11.8 Å². The van der Waals surface area contributed by atoms with Crippen molar-refractivity contribution in [3.63, 3.8) is 0 Å². The van der Waals surface area contributed by atoms with Gasteiger partial charge in [-0.25, -0.2) is 0 Å². The first-order valence-corrected chi connectivity index (χ1v) is 5.69. The van der Waals surface area contributed by atoms with Crippen molar-refractivity contribution in [2.45, 2.75) is 50.7 Å². The highest BCUT2D eigenvalue weighted by molar-refractivity contribution is 8.01. The van der Waals surface area contributed by atoms with Crippen LogP contribution in [-0.4, -0.2) is 33.8 Å². The SMILES string of the molecule is CC(CO)SC(C)C(=O)OC(C)(C)C. The van der Waals surface area contributed by atoms with Crippen molar-refractivity contribution in [3.8, 4) is 0 Å². The van der Waals surface area contributed by atoms with Crippen molar-refractivity contribution in [1.29, 1.82) is 0 Å². The quantitative estimate of drug-likeness (QED) is 0.734. The van der Waals surface area contributed by atoms with E-state index in [0.717, 1.165) is 0 Å². The maximum Gasteiger partial charge on any atom is 0.319 e. The fraction of sp³-hybridized carbons (Fsp3) is 0.900. The summed E-state index contributed by atoms with van der Waals surface area (Å²) in [6, 6.07) is 0. The number of rotatable bonds is 4. The Hall–Kier alpha value is -0.220. The average molecular weight is 220 g/mol. The van der Waals surface area contributed by atoms with E-state index in [9.17, 15) is 4.79 Å². The number of esters is 1. The highest BCUT2D eigenvalue weighted by Gasteiger charge is 2.23. The topological polar surface area (TPSA) is 46.5 Å². The number of thioether (sulfide) groups is 1. The molecule has 84 valence electrons. The fourth-order valence-electron chi connectivity index (χ4n) is 0.832. The first-order chi connectivity index (χ1) is 6.26. The Morgan fingerprint density at radius 1 is 1.43 bits per heavy atom. The number of aliphatic hydroxyl groups is 1. The molecule has 4 heteroatoms. The highest BCUT2D eigenvalue weighted by atomic mass is 32.2. The molecule has 0 amide bonds. The second-order valence-electron chi connectivity index (χ2n) is 4.30. The van der Waals surface area contributed by atoms with Crippen LogP contribution in [0, 0.1) is 0 Å². The third kappa shape index (κ3) is 6.27. The predicted molar refractivity (Wildman–Crippen MR) is 59.4 cm³/mol. The van der Waals surface area contributed by atoms with Crippen LogP contribution in [0.3, 0.4) is 0 Å². The first kappa shape index (κ1) is 13.8. The van der Waals surface area contributed by atoms with Gasteiger partial charge in [0.15, 0.2) is 0 Å². The van der Waals surface area contributed by atoms with Gasteiger partial charge in [-0.3, -0.25) is 4.79 Å². The second-order valence-corrected chi connectivity index (χ2v) is 6.09. The molecule has 0 aliphatic carbocycles. The lowest BCUT2D eigenvalue weighted by molar-refractivity contribution is -0.153.